The third-order valence-corrected chi connectivity index (χ3v) is 3.36. The molecule has 1 aromatic rings. The van der Waals surface area contributed by atoms with Crippen LogP contribution in [0.5, 0.6) is 0 Å². The molecule has 0 amide bonds. The first-order valence-electron chi connectivity index (χ1n) is 7.41. The van der Waals surface area contributed by atoms with E-state index in [1.54, 1.807) is 13.8 Å². The van der Waals surface area contributed by atoms with E-state index < -0.39 is 12.7 Å². The lowest BCUT2D eigenvalue weighted by molar-refractivity contribution is -0.150. The van der Waals surface area contributed by atoms with Gasteiger partial charge in [-0.3, -0.25) is 4.90 Å². The highest BCUT2D eigenvalue weighted by Crippen LogP contribution is 2.20. The molecule has 5 heteroatoms. The fraction of sp³-hybridized carbons (Fsp3) is 0.625. The molecule has 21 heavy (non-hydrogen) atoms. The summed E-state index contributed by atoms with van der Waals surface area (Å²) in [5, 5.41) is 3.25. The number of halogens is 3. The molecule has 0 heterocycles. The van der Waals surface area contributed by atoms with Crippen LogP contribution < -0.4 is 5.32 Å². The van der Waals surface area contributed by atoms with Gasteiger partial charge in [0.25, 0.3) is 0 Å². The van der Waals surface area contributed by atoms with E-state index in [4.69, 9.17) is 0 Å². The van der Waals surface area contributed by atoms with E-state index in [-0.39, 0.29) is 6.04 Å². The molecule has 120 valence electrons. The van der Waals surface area contributed by atoms with Crippen LogP contribution in [0.25, 0.3) is 0 Å². The van der Waals surface area contributed by atoms with Gasteiger partial charge in [-0.15, -0.1) is 0 Å². The fourth-order valence-corrected chi connectivity index (χ4v) is 2.11. The van der Waals surface area contributed by atoms with E-state index >= 15 is 0 Å². The molecule has 1 rings (SSSR count). The first kappa shape index (κ1) is 18.0. The van der Waals surface area contributed by atoms with Crippen molar-refractivity contribution in [3.05, 3.63) is 35.4 Å². The Morgan fingerprint density at radius 3 is 2.14 bits per heavy atom. The molecule has 0 aliphatic rings. The number of hydrogen-bond acceptors (Lipinski definition) is 2. The zero-order valence-electron chi connectivity index (χ0n) is 13.0. The van der Waals surface area contributed by atoms with E-state index in [9.17, 15) is 13.2 Å². The third kappa shape index (κ3) is 7.48. The summed E-state index contributed by atoms with van der Waals surface area (Å²) in [6.07, 6.45) is -3.22. The van der Waals surface area contributed by atoms with Gasteiger partial charge in [-0.1, -0.05) is 31.2 Å². The minimum absolute atomic E-state index is 0.139. The largest absolute Gasteiger partial charge is 0.401 e. The second kappa shape index (κ2) is 8.39. The first-order valence-corrected chi connectivity index (χ1v) is 7.41. The molecule has 0 saturated carbocycles. The second-order valence-electron chi connectivity index (χ2n) is 5.53. The molecule has 0 fully saturated rings. The quantitative estimate of drug-likeness (QED) is 0.738. The summed E-state index contributed by atoms with van der Waals surface area (Å²) < 4.78 is 37.7. The van der Waals surface area contributed by atoms with Gasteiger partial charge >= 0.3 is 6.18 Å². The van der Waals surface area contributed by atoms with Crippen molar-refractivity contribution in [1.29, 1.82) is 0 Å². The number of nitrogens with one attached hydrogen (secondary N) is 1. The Morgan fingerprint density at radius 1 is 1.10 bits per heavy atom. The van der Waals surface area contributed by atoms with Crippen molar-refractivity contribution in [1.82, 2.24) is 10.2 Å². The van der Waals surface area contributed by atoms with Gasteiger partial charge in [0.2, 0.25) is 0 Å². The predicted molar refractivity (Wildman–Crippen MR) is 80.3 cm³/mol. The molecule has 0 bridgehead atoms. The second-order valence-corrected chi connectivity index (χ2v) is 5.53. The molecule has 0 atom stereocenters. The zero-order valence-corrected chi connectivity index (χ0v) is 13.0. The van der Waals surface area contributed by atoms with Crippen LogP contribution in [0, 0.1) is 0 Å². The number of alkyl halides is 3. The molecule has 1 aromatic carbocycles. The van der Waals surface area contributed by atoms with Crippen molar-refractivity contribution in [2.75, 3.05) is 19.6 Å². The lowest BCUT2D eigenvalue weighted by Gasteiger charge is -2.27. The Kier molecular flexibility index (Phi) is 7.18. The highest BCUT2D eigenvalue weighted by Gasteiger charge is 2.31. The van der Waals surface area contributed by atoms with E-state index in [2.05, 4.69) is 12.2 Å². The van der Waals surface area contributed by atoms with E-state index in [0.29, 0.717) is 6.54 Å². The van der Waals surface area contributed by atoms with Gasteiger partial charge in [0.15, 0.2) is 0 Å². The van der Waals surface area contributed by atoms with Crippen molar-refractivity contribution < 1.29 is 13.2 Å². The average molecular weight is 302 g/mol. The average Bonchev–Trinajstić information content (AvgIpc) is 2.38. The van der Waals surface area contributed by atoms with Gasteiger partial charge in [-0.05, 0) is 44.5 Å². The highest BCUT2D eigenvalue weighted by molar-refractivity contribution is 5.22. The van der Waals surface area contributed by atoms with Gasteiger partial charge in [-0.25, -0.2) is 0 Å². The number of nitrogens with zero attached hydrogens (tertiary/aromatic N) is 1. The summed E-state index contributed by atoms with van der Waals surface area (Å²) in [5.41, 5.74) is 2.12. The third-order valence-electron chi connectivity index (χ3n) is 3.36. The molecule has 2 nitrogen and oxygen atoms in total. The molecule has 0 saturated heterocycles. The summed E-state index contributed by atoms with van der Waals surface area (Å²) in [6, 6.07) is 7.71. The van der Waals surface area contributed by atoms with Crippen molar-refractivity contribution in [2.45, 2.75) is 46.0 Å². The summed E-state index contributed by atoms with van der Waals surface area (Å²) in [7, 11) is 0. The summed E-state index contributed by atoms with van der Waals surface area (Å²) in [5.74, 6) is 0. The lowest BCUT2D eigenvalue weighted by atomic mass is 10.1. The topological polar surface area (TPSA) is 15.3 Å². The van der Waals surface area contributed by atoms with Crippen LogP contribution in [0.4, 0.5) is 13.2 Å². The lowest BCUT2D eigenvalue weighted by Crippen LogP contribution is -2.38. The Morgan fingerprint density at radius 2 is 1.67 bits per heavy atom. The number of likely N-dealkylation sites (N-methyl/N-ethyl adjacent to an activating group) is 1. The van der Waals surface area contributed by atoms with Crippen LogP contribution >= 0.6 is 0 Å². The van der Waals surface area contributed by atoms with Gasteiger partial charge in [0.05, 0.1) is 6.54 Å². The Balaban J connectivity index is 2.59. The van der Waals surface area contributed by atoms with Crippen molar-refractivity contribution in [2.24, 2.45) is 0 Å². The van der Waals surface area contributed by atoms with Crippen LogP contribution in [0.3, 0.4) is 0 Å². The van der Waals surface area contributed by atoms with E-state index in [0.717, 1.165) is 25.1 Å². The minimum Gasteiger partial charge on any atom is -0.317 e. The Labute approximate surface area is 125 Å². The van der Waals surface area contributed by atoms with Gasteiger partial charge in [0.1, 0.15) is 0 Å². The number of benzene rings is 1. The maximum atomic E-state index is 12.6. The van der Waals surface area contributed by atoms with Gasteiger partial charge in [0, 0.05) is 12.6 Å². The molecule has 1 N–H and O–H groups in total. The molecular weight excluding hydrogens is 277 g/mol. The Hall–Kier alpha value is -1.07. The highest BCUT2D eigenvalue weighted by atomic mass is 19.4. The molecule has 0 unspecified atom stereocenters. The number of hydrogen-bond donors (Lipinski definition) is 1. The maximum absolute atomic E-state index is 12.6. The SMILES string of the molecule is CCNCCc1ccc(CN(CC(F)(F)F)C(C)C)cc1. The van der Waals surface area contributed by atoms with Gasteiger partial charge in [-0.2, -0.15) is 13.2 Å². The molecular formula is C16H25F3N2. The zero-order chi connectivity index (χ0) is 15.9. The first-order chi connectivity index (χ1) is 9.81. The van der Waals surface area contributed by atoms with Crippen LogP contribution in [-0.4, -0.2) is 36.8 Å². The monoisotopic (exact) mass is 302 g/mol. The molecule has 0 aliphatic heterocycles. The predicted octanol–water partition coefficient (Wildman–Crippen LogP) is 3.61. The summed E-state index contributed by atoms with van der Waals surface area (Å²) in [6.45, 7) is 6.95. The standard InChI is InChI=1S/C16H25F3N2/c1-4-20-10-9-14-5-7-15(8-6-14)11-21(13(2)3)12-16(17,18)19/h5-8,13,20H,4,9-12H2,1-3H3. The smallest absolute Gasteiger partial charge is 0.317 e. The van der Waals surface area contributed by atoms with Crippen LogP contribution in [0.2, 0.25) is 0 Å². The van der Waals surface area contributed by atoms with Crippen molar-refractivity contribution in [3.63, 3.8) is 0 Å². The van der Waals surface area contributed by atoms with Crippen molar-refractivity contribution in [3.8, 4) is 0 Å². The minimum atomic E-state index is -4.16. The number of rotatable bonds is 8. The molecule has 0 aromatic heterocycles. The fourth-order valence-electron chi connectivity index (χ4n) is 2.11. The molecule has 0 aliphatic carbocycles. The summed E-state index contributed by atoms with van der Waals surface area (Å²) in [4.78, 5) is 1.44. The van der Waals surface area contributed by atoms with E-state index in [1.807, 2.05) is 24.3 Å². The van der Waals surface area contributed by atoms with Crippen LogP contribution in [-0.2, 0) is 13.0 Å². The van der Waals surface area contributed by atoms with Gasteiger partial charge < -0.3 is 5.32 Å². The summed E-state index contributed by atoms with van der Waals surface area (Å²) >= 11 is 0. The molecule has 0 spiro atoms. The van der Waals surface area contributed by atoms with Crippen LogP contribution in [0.1, 0.15) is 31.9 Å². The maximum Gasteiger partial charge on any atom is 0.401 e. The van der Waals surface area contributed by atoms with Crippen molar-refractivity contribution >= 4 is 0 Å². The van der Waals surface area contributed by atoms with E-state index in [1.165, 1.54) is 10.5 Å². The van der Waals surface area contributed by atoms with Crippen LogP contribution in [0.15, 0.2) is 24.3 Å². The molecule has 0 radical (unpaired) electrons. The normalized spacial score (nSPS) is 12.4. The Bertz CT molecular complexity index is 399.